The predicted molar refractivity (Wildman–Crippen MR) is 64.8 cm³/mol. The van der Waals surface area contributed by atoms with Gasteiger partial charge in [-0.1, -0.05) is 13.8 Å². The Morgan fingerprint density at radius 3 is 2.56 bits per heavy atom. The van der Waals surface area contributed by atoms with Crippen LogP contribution in [-0.4, -0.2) is 16.9 Å². The van der Waals surface area contributed by atoms with E-state index in [-0.39, 0.29) is 5.92 Å². The number of nitrogens with one attached hydrogen (secondary N) is 1. The highest BCUT2D eigenvalue weighted by Crippen LogP contribution is 2.16. The number of amides is 1. The van der Waals surface area contributed by atoms with Crippen LogP contribution in [0.15, 0.2) is 12.3 Å². The SMILES string of the molecule is Cc1cnc(NC(C(N)=O)C(C)C)cc1N. The van der Waals surface area contributed by atoms with E-state index >= 15 is 0 Å². The summed E-state index contributed by atoms with van der Waals surface area (Å²) in [5.41, 5.74) is 12.6. The van der Waals surface area contributed by atoms with Gasteiger partial charge in [-0.05, 0) is 18.4 Å². The molecule has 0 saturated heterocycles. The Bertz CT molecular complexity index is 390. The van der Waals surface area contributed by atoms with E-state index in [1.165, 1.54) is 0 Å². The van der Waals surface area contributed by atoms with Gasteiger partial charge in [0.05, 0.1) is 0 Å². The first-order valence-electron chi connectivity index (χ1n) is 5.19. The zero-order chi connectivity index (χ0) is 12.3. The number of nitrogen functional groups attached to an aromatic ring is 1. The topological polar surface area (TPSA) is 94.0 Å². The minimum Gasteiger partial charge on any atom is -0.398 e. The van der Waals surface area contributed by atoms with E-state index in [0.717, 1.165) is 5.56 Å². The van der Waals surface area contributed by atoms with Crippen LogP contribution in [0.3, 0.4) is 0 Å². The van der Waals surface area contributed by atoms with Crippen molar-refractivity contribution < 1.29 is 4.79 Å². The van der Waals surface area contributed by atoms with E-state index in [9.17, 15) is 4.79 Å². The lowest BCUT2D eigenvalue weighted by atomic mass is 10.0. The number of carbonyl (C=O) groups is 1. The fourth-order valence-electron chi connectivity index (χ4n) is 1.34. The molecule has 0 fully saturated rings. The number of carbonyl (C=O) groups excluding carboxylic acids is 1. The molecular formula is C11H18N4O. The van der Waals surface area contributed by atoms with Gasteiger partial charge in [-0.3, -0.25) is 4.79 Å². The molecule has 1 aromatic heterocycles. The fourth-order valence-corrected chi connectivity index (χ4v) is 1.34. The van der Waals surface area contributed by atoms with Gasteiger partial charge in [-0.15, -0.1) is 0 Å². The van der Waals surface area contributed by atoms with E-state index in [0.29, 0.717) is 11.5 Å². The van der Waals surface area contributed by atoms with E-state index in [1.54, 1.807) is 12.3 Å². The van der Waals surface area contributed by atoms with Crippen molar-refractivity contribution in [2.75, 3.05) is 11.1 Å². The molecule has 0 aliphatic rings. The first kappa shape index (κ1) is 12.3. The van der Waals surface area contributed by atoms with Gasteiger partial charge in [-0.25, -0.2) is 4.98 Å². The lowest BCUT2D eigenvalue weighted by molar-refractivity contribution is -0.119. The minimum absolute atomic E-state index is 0.0989. The second-order valence-corrected chi connectivity index (χ2v) is 4.19. The van der Waals surface area contributed by atoms with Crippen LogP contribution in [0, 0.1) is 12.8 Å². The quantitative estimate of drug-likeness (QED) is 0.705. The van der Waals surface area contributed by atoms with Gasteiger partial charge in [0.15, 0.2) is 0 Å². The summed E-state index contributed by atoms with van der Waals surface area (Å²) in [6.07, 6.45) is 1.66. The number of aromatic nitrogens is 1. The number of hydrogen-bond donors (Lipinski definition) is 3. The van der Waals surface area contributed by atoms with E-state index in [2.05, 4.69) is 10.3 Å². The first-order chi connectivity index (χ1) is 7.41. The number of pyridine rings is 1. The number of rotatable bonds is 4. The van der Waals surface area contributed by atoms with Crippen LogP contribution < -0.4 is 16.8 Å². The zero-order valence-electron chi connectivity index (χ0n) is 9.82. The second-order valence-electron chi connectivity index (χ2n) is 4.19. The van der Waals surface area contributed by atoms with Crippen molar-refractivity contribution in [1.82, 2.24) is 4.98 Å². The van der Waals surface area contributed by atoms with Crippen molar-refractivity contribution in [1.29, 1.82) is 0 Å². The third kappa shape index (κ3) is 2.85. The third-order valence-corrected chi connectivity index (χ3v) is 2.42. The summed E-state index contributed by atoms with van der Waals surface area (Å²) in [5, 5.41) is 2.98. The smallest absolute Gasteiger partial charge is 0.240 e. The van der Waals surface area contributed by atoms with Gasteiger partial charge in [0.25, 0.3) is 0 Å². The standard InChI is InChI=1S/C11H18N4O/c1-6(2)10(11(13)16)15-9-4-8(12)7(3)5-14-9/h4-6,10H,1-3H3,(H2,13,16)(H3,12,14,15). The highest BCUT2D eigenvalue weighted by atomic mass is 16.1. The molecule has 0 aliphatic carbocycles. The molecule has 0 radical (unpaired) electrons. The summed E-state index contributed by atoms with van der Waals surface area (Å²) in [6, 6.07) is 1.27. The molecule has 0 aliphatic heterocycles. The van der Waals surface area contributed by atoms with Gasteiger partial charge in [0, 0.05) is 18.0 Å². The molecule has 5 nitrogen and oxygen atoms in total. The van der Waals surface area contributed by atoms with Crippen LogP contribution in [-0.2, 0) is 4.79 Å². The number of nitrogens with two attached hydrogens (primary N) is 2. The molecule has 5 N–H and O–H groups in total. The Morgan fingerprint density at radius 1 is 1.50 bits per heavy atom. The Hall–Kier alpha value is -1.78. The summed E-state index contributed by atoms with van der Waals surface area (Å²) in [4.78, 5) is 15.3. The highest BCUT2D eigenvalue weighted by molar-refractivity contribution is 5.83. The molecule has 16 heavy (non-hydrogen) atoms. The van der Waals surface area contributed by atoms with Crippen molar-refractivity contribution in [3.8, 4) is 0 Å². The normalized spacial score (nSPS) is 12.5. The highest BCUT2D eigenvalue weighted by Gasteiger charge is 2.19. The Balaban J connectivity index is 2.86. The average Bonchev–Trinajstić information content (AvgIpc) is 2.18. The number of hydrogen-bond acceptors (Lipinski definition) is 4. The van der Waals surface area contributed by atoms with Gasteiger partial charge in [0.1, 0.15) is 11.9 Å². The third-order valence-electron chi connectivity index (χ3n) is 2.42. The maximum Gasteiger partial charge on any atom is 0.240 e. The molecule has 0 spiro atoms. The number of aryl methyl sites for hydroxylation is 1. The zero-order valence-corrected chi connectivity index (χ0v) is 9.82. The summed E-state index contributed by atoms with van der Waals surface area (Å²) >= 11 is 0. The largest absolute Gasteiger partial charge is 0.398 e. The number of anilines is 2. The molecule has 0 saturated carbocycles. The van der Waals surface area contributed by atoms with Gasteiger partial charge in [0.2, 0.25) is 5.91 Å². The van der Waals surface area contributed by atoms with E-state index in [1.807, 2.05) is 20.8 Å². The lowest BCUT2D eigenvalue weighted by Crippen LogP contribution is -2.39. The second kappa shape index (κ2) is 4.83. The van der Waals surface area contributed by atoms with E-state index in [4.69, 9.17) is 11.5 Å². The van der Waals surface area contributed by atoms with Crippen molar-refractivity contribution in [3.05, 3.63) is 17.8 Å². The minimum atomic E-state index is -0.436. The molecule has 1 aromatic rings. The van der Waals surface area contributed by atoms with Crippen molar-refractivity contribution >= 4 is 17.4 Å². The average molecular weight is 222 g/mol. The van der Waals surface area contributed by atoms with Crippen LogP contribution >= 0.6 is 0 Å². The molecule has 1 atom stereocenters. The van der Waals surface area contributed by atoms with E-state index < -0.39 is 11.9 Å². The molecule has 1 amide bonds. The Labute approximate surface area is 95.2 Å². The molecule has 1 rings (SSSR count). The Kier molecular flexibility index (Phi) is 3.71. The first-order valence-corrected chi connectivity index (χ1v) is 5.19. The summed E-state index contributed by atoms with van der Waals surface area (Å²) in [5.74, 6) is 0.276. The maximum absolute atomic E-state index is 11.2. The van der Waals surface area contributed by atoms with Crippen molar-refractivity contribution in [2.24, 2.45) is 11.7 Å². The molecule has 0 aromatic carbocycles. The fraction of sp³-hybridized carbons (Fsp3) is 0.455. The lowest BCUT2D eigenvalue weighted by Gasteiger charge is -2.19. The predicted octanol–water partition coefficient (Wildman–Crippen LogP) is 0.894. The monoisotopic (exact) mass is 222 g/mol. The summed E-state index contributed by atoms with van der Waals surface area (Å²) < 4.78 is 0. The molecule has 1 heterocycles. The summed E-state index contributed by atoms with van der Waals surface area (Å²) in [7, 11) is 0. The van der Waals surface area contributed by atoms with Gasteiger partial charge >= 0.3 is 0 Å². The van der Waals surface area contributed by atoms with Crippen LogP contribution in [0.4, 0.5) is 11.5 Å². The van der Waals surface area contributed by atoms with Crippen LogP contribution in [0.5, 0.6) is 0 Å². The van der Waals surface area contributed by atoms with Crippen LogP contribution in [0.1, 0.15) is 19.4 Å². The molecule has 1 unspecified atom stereocenters. The number of nitrogens with zero attached hydrogens (tertiary/aromatic N) is 1. The molecular weight excluding hydrogens is 204 g/mol. The van der Waals surface area contributed by atoms with Crippen LogP contribution in [0.25, 0.3) is 0 Å². The maximum atomic E-state index is 11.2. The number of primary amides is 1. The summed E-state index contributed by atoms with van der Waals surface area (Å²) in [6.45, 7) is 5.71. The molecule has 0 bridgehead atoms. The Morgan fingerprint density at radius 2 is 2.12 bits per heavy atom. The van der Waals surface area contributed by atoms with Crippen LogP contribution in [0.2, 0.25) is 0 Å². The van der Waals surface area contributed by atoms with Crippen molar-refractivity contribution in [3.63, 3.8) is 0 Å². The molecule has 88 valence electrons. The van der Waals surface area contributed by atoms with Gasteiger partial charge < -0.3 is 16.8 Å². The van der Waals surface area contributed by atoms with Gasteiger partial charge in [-0.2, -0.15) is 0 Å². The molecule has 5 heteroatoms. The van der Waals surface area contributed by atoms with Crippen molar-refractivity contribution in [2.45, 2.75) is 26.8 Å².